The van der Waals surface area contributed by atoms with Crippen molar-refractivity contribution < 1.29 is 19.2 Å². The van der Waals surface area contributed by atoms with Crippen LogP contribution in [0.25, 0.3) is 0 Å². The van der Waals surface area contributed by atoms with Gasteiger partial charge in [0.25, 0.3) is 0 Å². The summed E-state index contributed by atoms with van der Waals surface area (Å²) >= 11 is 1.46. The molecule has 2 N–H and O–H groups in total. The summed E-state index contributed by atoms with van der Waals surface area (Å²) in [6, 6.07) is 1.65. The lowest BCUT2D eigenvalue weighted by Crippen LogP contribution is -2.16. The molecule has 19 heavy (non-hydrogen) atoms. The van der Waals surface area contributed by atoms with Gasteiger partial charge in [-0.3, -0.25) is 14.9 Å². The van der Waals surface area contributed by atoms with Gasteiger partial charge in [0, 0.05) is 6.07 Å². The number of carboxylic acid groups (broad SMARTS) is 1. The van der Waals surface area contributed by atoms with Gasteiger partial charge in [-0.25, -0.2) is 0 Å². The summed E-state index contributed by atoms with van der Waals surface area (Å²) in [5, 5.41) is 15.1. The Hall–Kier alpha value is -1.50. The topological polar surface area (TPSA) is 92.4 Å². The molecule has 1 amide bonds. The predicted molar refractivity (Wildman–Crippen MR) is 71.1 cm³/mol. The summed E-state index contributed by atoms with van der Waals surface area (Å²) < 4.78 is 4.88. The maximum atomic E-state index is 11.6. The number of aromatic nitrogens is 1. The Balaban J connectivity index is 1.68. The molecule has 1 aromatic heterocycles. The molecule has 1 saturated carbocycles. The number of carboxylic acids is 1. The van der Waals surface area contributed by atoms with Crippen LogP contribution in [0.4, 0.5) is 5.88 Å². The molecular weight excluding hydrogens is 268 g/mol. The summed E-state index contributed by atoms with van der Waals surface area (Å²) in [7, 11) is 0. The number of thioether (sulfide) groups is 1. The molecule has 2 rings (SSSR count). The first kappa shape index (κ1) is 13.9. The van der Waals surface area contributed by atoms with E-state index in [1.165, 1.54) is 11.8 Å². The maximum Gasteiger partial charge on any atom is 0.303 e. The standard InChI is InChI=1S/C12H16N2O4S/c1-8-4-10(18-14-8)13-9(15)6-19-7-12(2-3-12)5-11(16)17/h4H,2-3,5-7H2,1H3,(H,13,15)(H,16,17). The summed E-state index contributed by atoms with van der Waals surface area (Å²) in [6.45, 7) is 1.77. The van der Waals surface area contributed by atoms with Crippen LogP contribution < -0.4 is 5.32 Å². The van der Waals surface area contributed by atoms with Crippen LogP contribution in [0.5, 0.6) is 0 Å². The van der Waals surface area contributed by atoms with Crippen molar-refractivity contribution in [2.45, 2.75) is 26.2 Å². The SMILES string of the molecule is Cc1cc(NC(=O)CSCC2(CC(=O)O)CC2)on1. The van der Waals surface area contributed by atoms with Crippen molar-refractivity contribution in [3.05, 3.63) is 11.8 Å². The van der Waals surface area contributed by atoms with Gasteiger partial charge in [0.2, 0.25) is 11.8 Å². The molecule has 0 radical (unpaired) electrons. The van der Waals surface area contributed by atoms with E-state index >= 15 is 0 Å². The number of nitrogens with one attached hydrogen (secondary N) is 1. The fourth-order valence-electron chi connectivity index (χ4n) is 1.83. The summed E-state index contributed by atoms with van der Waals surface area (Å²) in [4.78, 5) is 22.3. The van der Waals surface area contributed by atoms with Crippen molar-refractivity contribution in [1.29, 1.82) is 0 Å². The van der Waals surface area contributed by atoms with Crippen molar-refractivity contribution >= 4 is 29.5 Å². The Morgan fingerprint density at radius 3 is 2.84 bits per heavy atom. The molecule has 0 bridgehead atoms. The Morgan fingerprint density at radius 2 is 2.32 bits per heavy atom. The largest absolute Gasteiger partial charge is 0.481 e. The minimum absolute atomic E-state index is 0.0837. The molecule has 0 aliphatic heterocycles. The van der Waals surface area contributed by atoms with Crippen molar-refractivity contribution in [3.8, 4) is 0 Å². The third kappa shape index (κ3) is 4.27. The second-order valence-corrected chi connectivity index (χ2v) is 5.93. The molecule has 104 valence electrons. The second kappa shape index (κ2) is 5.64. The lowest BCUT2D eigenvalue weighted by atomic mass is 10.1. The molecule has 1 aliphatic carbocycles. The van der Waals surface area contributed by atoms with Crippen LogP contribution in [-0.4, -0.2) is 33.6 Å². The highest BCUT2D eigenvalue weighted by Crippen LogP contribution is 2.50. The van der Waals surface area contributed by atoms with E-state index in [2.05, 4.69) is 10.5 Å². The normalized spacial score (nSPS) is 16.1. The monoisotopic (exact) mass is 284 g/mol. The van der Waals surface area contributed by atoms with Crippen LogP contribution in [0, 0.1) is 12.3 Å². The molecule has 0 spiro atoms. The maximum absolute atomic E-state index is 11.6. The van der Waals surface area contributed by atoms with Crippen LogP contribution in [0.15, 0.2) is 10.6 Å². The van der Waals surface area contributed by atoms with Crippen molar-refractivity contribution in [1.82, 2.24) is 5.16 Å². The molecule has 7 heteroatoms. The van der Waals surface area contributed by atoms with E-state index in [1.807, 2.05) is 0 Å². The van der Waals surface area contributed by atoms with E-state index < -0.39 is 5.97 Å². The second-order valence-electron chi connectivity index (χ2n) is 4.94. The van der Waals surface area contributed by atoms with Crippen molar-refractivity contribution in [3.63, 3.8) is 0 Å². The lowest BCUT2D eigenvalue weighted by Gasteiger charge is -2.11. The fourth-order valence-corrected chi connectivity index (χ4v) is 3.01. The molecule has 0 aromatic carbocycles. The number of aryl methyl sites for hydroxylation is 1. The van der Waals surface area contributed by atoms with Gasteiger partial charge < -0.3 is 9.63 Å². The molecule has 0 unspecified atom stereocenters. The zero-order chi connectivity index (χ0) is 13.9. The number of hydrogen-bond acceptors (Lipinski definition) is 5. The summed E-state index contributed by atoms with van der Waals surface area (Å²) in [5.41, 5.74) is 0.626. The Kier molecular flexibility index (Phi) is 4.14. The minimum atomic E-state index is -0.764. The lowest BCUT2D eigenvalue weighted by molar-refractivity contribution is -0.138. The number of anilines is 1. The van der Waals surface area contributed by atoms with Gasteiger partial charge in [-0.1, -0.05) is 5.16 Å². The predicted octanol–water partition coefficient (Wildman–Crippen LogP) is 1.91. The number of rotatable bonds is 7. The zero-order valence-electron chi connectivity index (χ0n) is 10.6. The number of hydrogen-bond donors (Lipinski definition) is 2. The zero-order valence-corrected chi connectivity index (χ0v) is 11.5. The van der Waals surface area contributed by atoms with E-state index in [4.69, 9.17) is 9.63 Å². The Morgan fingerprint density at radius 1 is 1.58 bits per heavy atom. The van der Waals surface area contributed by atoms with Crippen LogP contribution in [-0.2, 0) is 9.59 Å². The quantitative estimate of drug-likeness (QED) is 0.794. The molecule has 1 fully saturated rings. The molecule has 0 atom stereocenters. The molecule has 0 saturated heterocycles. The van der Waals surface area contributed by atoms with Crippen molar-refractivity contribution in [2.24, 2.45) is 5.41 Å². The number of carbonyl (C=O) groups excluding carboxylic acids is 1. The molecule has 1 aromatic rings. The average molecular weight is 284 g/mol. The number of amides is 1. The highest BCUT2D eigenvalue weighted by Gasteiger charge is 2.44. The van der Waals surface area contributed by atoms with Gasteiger partial charge in [-0.05, 0) is 30.9 Å². The van der Waals surface area contributed by atoms with Crippen LogP contribution in [0.3, 0.4) is 0 Å². The van der Waals surface area contributed by atoms with E-state index in [9.17, 15) is 9.59 Å². The first-order chi connectivity index (χ1) is 8.99. The number of carbonyl (C=O) groups is 2. The smallest absolute Gasteiger partial charge is 0.303 e. The van der Waals surface area contributed by atoms with Gasteiger partial charge >= 0.3 is 5.97 Å². The first-order valence-corrected chi connectivity index (χ1v) is 7.17. The van der Waals surface area contributed by atoms with Gasteiger partial charge in [0.15, 0.2) is 0 Å². The third-order valence-corrected chi connectivity index (χ3v) is 4.30. The van der Waals surface area contributed by atoms with Gasteiger partial charge in [-0.15, -0.1) is 0 Å². The highest BCUT2D eigenvalue weighted by atomic mass is 32.2. The van der Waals surface area contributed by atoms with Crippen molar-refractivity contribution in [2.75, 3.05) is 16.8 Å². The molecule has 1 heterocycles. The Labute approximate surface area is 114 Å². The molecule has 6 nitrogen and oxygen atoms in total. The number of nitrogens with zero attached hydrogens (tertiary/aromatic N) is 1. The van der Waals surface area contributed by atoms with E-state index in [-0.39, 0.29) is 17.7 Å². The van der Waals surface area contributed by atoms with E-state index in [0.717, 1.165) is 12.8 Å². The van der Waals surface area contributed by atoms with Crippen LogP contribution in [0.1, 0.15) is 25.0 Å². The minimum Gasteiger partial charge on any atom is -0.481 e. The molecular formula is C12H16N2O4S. The average Bonchev–Trinajstić information content (AvgIpc) is 2.92. The molecule has 1 aliphatic rings. The fraction of sp³-hybridized carbons (Fsp3) is 0.583. The van der Waals surface area contributed by atoms with Crippen LogP contribution in [0.2, 0.25) is 0 Å². The van der Waals surface area contributed by atoms with Gasteiger partial charge in [-0.2, -0.15) is 11.8 Å². The first-order valence-electron chi connectivity index (χ1n) is 6.02. The van der Waals surface area contributed by atoms with Gasteiger partial charge in [0.05, 0.1) is 17.9 Å². The van der Waals surface area contributed by atoms with E-state index in [0.29, 0.717) is 23.1 Å². The van der Waals surface area contributed by atoms with E-state index in [1.54, 1.807) is 13.0 Å². The summed E-state index contributed by atoms with van der Waals surface area (Å²) in [6.07, 6.45) is 2.08. The van der Waals surface area contributed by atoms with Gasteiger partial charge in [0.1, 0.15) is 0 Å². The highest BCUT2D eigenvalue weighted by molar-refractivity contribution is 8.00. The third-order valence-electron chi connectivity index (χ3n) is 3.02. The summed E-state index contributed by atoms with van der Waals surface area (Å²) in [5.74, 6) is 0.422. The number of aliphatic carboxylic acids is 1. The van der Waals surface area contributed by atoms with Crippen LogP contribution >= 0.6 is 11.8 Å². The Bertz CT molecular complexity index is 482.